The number of anilines is 1. The summed E-state index contributed by atoms with van der Waals surface area (Å²) in [7, 11) is 5.80. The highest BCUT2D eigenvalue weighted by Crippen LogP contribution is 2.30. The molecule has 0 bridgehead atoms. The van der Waals surface area contributed by atoms with Crippen molar-refractivity contribution >= 4 is 32.6 Å². The van der Waals surface area contributed by atoms with Crippen molar-refractivity contribution in [1.29, 1.82) is 0 Å². The number of carbonyl (C=O) groups excluding carboxylic acids is 1. The van der Waals surface area contributed by atoms with Crippen LogP contribution in [0.15, 0.2) is 24.4 Å². The molecular weight excluding hydrogens is 334 g/mol. The SMILES string of the molecule is Cc1ccc2nc(N(CCN(C)C)C(=O)c3c(C)cnn3C)sc2c1. The highest BCUT2D eigenvalue weighted by molar-refractivity contribution is 7.22. The maximum Gasteiger partial charge on any atom is 0.278 e. The molecule has 2 heterocycles. The zero-order valence-electron chi connectivity index (χ0n) is 15.3. The second kappa shape index (κ2) is 6.93. The standard InChI is InChI=1S/C18H23N5OS/c1-12-6-7-14-15(10-12)25-18(20-14)23(9-8-21(3)4)17(24)16-13(2)11-19-22(16)5/h6-7,10-11H,8-9H2,1-5H3. The lowest BCUT2D eigenvalue weighted by molar-refractivity contribution is 0.0975. The Kier molecular flexibility index (Phi) is 4.87. The molecule has 7 heteroatoms. The Morgan fingerprint density at radius 2 is 2.00 bits per heavy atom. The summed E-state index contributed by atoms with van der Waals surface area (Å²) in [5.41, 5.74) is 3.60. The van der Waals surface area contributed by atoms with Gasteiger partial charge in [0.05, 0.1) is 16.4 Å². The minimum atomic E-state index is -0.0601. The Morgan fingerprint density at radius 1 is 1.24 bits per heavy atom. The van der Waals surface area contributed by atoms with Crippen LogP contribution in [0.25, 0.3) is 10.2 Å². The fourth-order valence-electron chi connectivity index (χ4n) is 2.70. The van der Waals surface area contributed by atoms with Gasteiger partial charge in [-0.1, -0.05) is 17.4 Å². The summed E-state index contributed by atoms with van der Waals surface area (Å²) in [5.74, 6) is -0.0601. The van der Waals surface area contributed by atoms with E-state index in [2.05, 4.69) is 23.0 Å². The van der Waals surface area contributed by atoms with Gasteiger partial charge in [0.15, 0.2) is 5.13 Å². The van der Waals surface area contributed by atoms with Crippen LogP contribution in [0.2, 0.25) is 0 Å². The van der Waals surface area contributed by atoms with Gasteiger partial charge >= 0.3 is 0 Å². The first-order chi connectivity index (χ1) is 11.9. The van der Waals surface area contributed by atoms with Crippen LogP contribution in [-0.4, -0.2) is 52.8 Å². The number of rotatable bonds is 5. The molecular formula is C18H23N5OS. The molecule has 0 atom stereocenters. The molecule has 1 amide bonds. The molecule has 0 unspecified atom stereocenters. The van der Waals surface area contributed by atoms with Crippen LogP contribution in [0, 0.1) is 13.8 Å². The van der Waals surface area contributed by atoms with Gasteiger partial charge in [0.2, 0.25) is 0 Å². The molecule has 0 spiro atoms. The molecule has 3 rings (SSSR count). The lowest BCUT2D eigenvalue weighted by Crippen LogP contribution is -2.38. The van der Waals surface area contributed by atoms with Crippen LogP contribution >= 0.6 is 11.3 Å². The first kappa shape index (κ1) is 17.6. The van der Waals surface area contributed by atoms with Crippen LogP contribution in [0.5, 0.6) is 0 Å². The fraction of sp³-hybridized carbons (Fsp3) is 0.389. The molecule has 0 saturated carbocycles. The van der Waals surface area contributed by atoms with Gasteiger partial charge in [0, 0.05) is 20.1 Å². The van der Waals surface area contributed by atoms with Gasteiger partial charge in [-0.3, -0.25) is 14.4 Å². The zero-order valence-corrected chi connectivity index (χ0v) is 16.1. The Bertz CT molecular complexity index is 892. The molecule has 0 radical (unpaired) electrons. The number of thiazole rings is 1. The van der Waals surface area contributed by atoms with Crippen molar-refractivity contribution in [3.8, 4) is 0 Å². The van der Waals surface area contributed by atoms with Crippen LogP contribution < -0.4 is 4.90 Å². The average molecular weight is 357 g/mol. The zero-order chi connectivity index (χ0) is 18.1. The molecule has 3 aromatic rings. The summed E-state index contributed by atoms with van der Waals surface area (Å²) in [6.45, 7) is 5.31. The van der Waals surface area contributed by atoms with E-state index >= 15 is 0 Å². The van der Waals surface area contributed by atoms with Gasteiger partial charge in [-0.05, 0) is 51.2 Å². The number of amides is 1. The van der Waals surface area contributed by atoms with Crippen LogP contribution in [0.4, 0.5) is 5.13 Å². The van der Waals surface area contributed by atoms with Gasteiger partial charge in [0.25, 0.3) is 5.91 Å². The topological polar surface area (TPSA) is 54.3 Å². The maximum atomic E-state index is 13.2. The summed E-state index contributed by atoms with van der Waals surface area (Å²) in [6, 6.07) is 6.16. The lowest BCUT2D eigenvalue weighted by Gasteiger charge is -2.22. The van der Waals surface area contributed by atoms with E-state index in [-0.39, 0.29) is 5.91 Å². The number of likely N-dealkylation sites (N-methyl/N-ethyl adjacent to an activating group) is 1. The minimum Gasteiger partial charge on any atom is -0.308 e. The first-order valence-electron chi connectivity index (χ1n) is 8.19. The summed E-state index contributed by atoms with van der Waals surface area (Å²) in [6.07, 6.45) is 1.72. The van der Waals surface area contributed by atoms with Crippen molar-refractivity contribution in [2.45, 2.75) is 13.8 Å². The first-order valence-corrected chi connectivity index (χ1v) is 9.01. The number of hydrogen-bond donors (Lipinski definition) is 0. The van der Waals surface area contributed by atoms with Gasteiger partial charge in [-0.15, -0.1) is 0 Å². The minimum absolute atomic E-state index is 0.0601. The molecule has 0 aliphatic rings. The molecule has 1 aromatic carbocycles. The molecule has 0 fully saturated rings. The summed E-state index contributed by atoms with van der Waals surface area (Å²) in [4.78, 5) is 21.7. The Morgan fingerprint density at radius 3 is 2.64 bits per heavy atom. The van der Waals surface area contributed by atoms with Crippen LogP contribution in [0.1, 0.15) is 21.6 Å². The molecule has 0 saturated heterocycles. The lowest BCUT2D eigenvalue weighted by atomic mass is 10.2. The molecule has 6 nitrogen and oxygen atoms in total. The number of carbonyl (C=O) groups is 1. The highest BCUT2D eigenvalue weighted by atomic mass is 32.1. The summed E-state index contributed by atoms with van der Waals surface area (Å²) < 4.78 is 2.73. The third kappa shape index (κ3) is 3.57. The second-order valence-corrected chi connectivity index (χ2v) is 7.54. The summed E-state index contributed by atoms with van der Waals surface area (Å²) in [5, 5.41) is 4.93. The van der Waals surface area contributed by atoms with Crippen molar-refractivity contribution < 1.29 is 4.79 Å². The van der Waals surface area contributed by atoms with Crippen LogP contribution in [-0.2, 0) is 7.05 Å². The van der Waals surface area contributed by atoms with Gasteiger partial charge in [-0.25, -0.2) is 4.98 Å². The number of fused-ring (bicyclic) bond motifs is 1. The Hall–Kier alpha value is -2.25. The van der Waals surface area contributed by atoms with Crippen molar-refractivity contribution in [1.82, 2.24) is 19.7 Å². The monoisotopic (exact) mass is 357 g/mol. The third-order valence-electron chi connectivity index (χ3n) is 4.10. The highest BCUT2D eigenvalue weighted by Gasteiger charge is 2.25. The maximum absolute atomic E-state index is 13.2. The molecule has 0 aliphatic heterocycles. The van der Waals surface area contributed by atoms with E-state index in [1.54, 1.807) is 34.2 Å². The number of nitrogens with zero attached hydrogens (tertiary/aromatic N) is 5. The van der Waals surface area contributed by atoms with E-state index in [9.17, 15) is 4.79 Å². The molecule has 0 N–H and O–H groups in total. The predicted octanol–water partition coefficient (Wildman–Crippen LogP) is 2.86. The number of hydrogen-bond acceptors (Lipinski definition) is 5. The van der Waals surface area contributed by atoms with Crippen molar-refractivity contribution in [3.05, 3.63) is 41.2 Å². The predicted molar refractivity (Wildman–Crippen MR) is 103 cm³/mol. The van der Waals surface area contributed by atoms with Gasteiger partial charge in [0.1, 0.15) is 5.69 Å². The Labute approximate surface area is 151 Å². The van der Waals surface area contributed by atoms with E-state index in [1.165, 1.54) is 5.56 Å². The van der Waals surface area contributed by atoms with E-state index < -0.39 is 0 Å². The quantitative estimate of drug-likeness (QED) is 0.705. The van der Waals surface area contributed by atoms with Gasteiger partial charge < -0.3 is 4.90 Å². The molecule has 0 aliphatic carbocycles. The fourth-order valence-corrected chi connectivity index (χ4v) is 3.79. The molecule has 25 heavy (non-hydrogen) atoms. The molecule has 2 aromatic heterocycles. The number of aryl methyl sites for hydroxylation is 3. The van der Waals surface area contributed by atoms with Crippen molar-refractivity contribution in [2.24, 2.45) is 7.05 Å². The van der Waals surface area contributed by atoms with Gasteiger partial charge in [-0.2, -0.15) is 5.10 Å². The number of aromatic nitrogens is 3. The van der Waals surface area contributed by atoms with Crippen molar-refractivity contribution in [2.75, 3.05) is 32.1 Å². The van der Waals surface area contributed by atoms with E-state index in [4.69, 9.17) is 4.98 Å². The smallest absolute Gasteiger partial charge is 0.278 e. The van der Waals surface area contributed by atoms with Crippen molar-refractivity contribution in [3.63, 3.8) is 0 Å². The Balaban J connectivity index is 2.02. The third-order valence-corrected chi connectivity index (χ3v) is 5.14. The molecule has 132 valence electrons. The largest absolute Gasteiger partial charge is 0.308 e. The van der Waals surface area contributed by atoms with Crippen LogP contribution in [0.3, 0.4) is 0 Å². The number of benzene rings is 1. The van der Waals surface area contributed by atoms with E-state index in [1.807, 2.05) is 33.2 Å². The van der Waals surface area contributed by atoms with E-state index in [0.29, 0.717) is 12.2 Å². The average Bonchev–Trinajstić information content (AvgIpc) is 3.09. The van der Waals surface area contributed by atoms with E-state index in [0.717, 1.165) is 27.5 Å². The summed E-state index contributed by atoms with van der Waals surface area (Å²) >= 11 is 1.55. The normalized spacial score (nSPS) is 11.4. The second-order valence-electron chi connectivity index (χ2n) is 6.53.